The van der Waals surface area contributed by atoms with E-state index >= 15 is 0 Å². The number of aromatic nitrogens is 1. The Bertz CT molecular complexity index is 541. The number of aryl methyl sites for hydroxylation is 1. The molecule has 2 aromatic rings. The number of hydrogen-bond donors (Lipinski definition) is 1. The number of fused-ring (bicyclic) bond motifs is 1. The number of nitrogens with zero attached hydrogens (tertiary/aromatic N) is 1. The highest BCUT2D eigenvalue weighted by Gasteiger charge is 2.35. The van der Waals surface area contributed by atoms with Crippen LogP contribution in [0.3, 0.4) is 0 Å². The first kappa shape index (κ1) is 10.7. The van der Waals surface area contributed by atoms with Crippen molar-refractivity contribution in [3.8, 4) is 0 Å². The maximum Gasteiger partial charge on any atom is 0.215 e. The molecule has 0 unspecified atom stereocenters. The first-order chi connectivity index (χ1) is 8.17. The van der Waals surface area contributed by atoms with Gasteiger partial charge in [-0.2, -0.15) is 0 Å². The number of nitrogens with two attached hydrogens (primary N) is 1. The zero-order valence-corrected chi connectivity index (χ0v) is 9.90. The van der Waals surface area contributed by atoms with Crippen LogP contribution in [0.25, 0.3) is 11.1 Å². The molecule has 0 atom stereocenters. The molecule has 1 fully saturated rings. The highest BCUT2D eigenvalue weighted by Crippen LogP contribution is 2.31. The van der Waals surface area contributed by atoms with Crippen molar-refractivity contribution in [3.05, 3.63) is 29.7 Å². The van der Waals surface area contributed by atoms with Crippen molar-refractivity contribution in [3.63, 3.8) is 0 Å². The maximum atomic E-state index is 6.35. The molecule has 0 bridgehead atoms. The van der Waals surface area contributed by atoms with Gasteiger partial charge in [0.2, 0.25) is 5.89 Å². The van der Waals surface area contributed by atoms with Gasteiger partial charge in [-0.15, -0.1) is 0 Å². The highest BCUT2D eigenvalue weighted by atomic mass is 16.5. The zero-order valence-electron chi connectivity index (χ0n) is 9.90. The molecule has 2 heterocycles. The largest absolute Gasteiger partial charge is 0.439 e. The van der Waals surface area contributed by atoms with Crippen molar-refractivity contribution in [2.24, 2.45) is 5.73 Å². The lowest BCUT2D eigenvalue weighted by Gasteiger charge is -2.29. The number of oxazole rings is 1. The first-order valence-corrected chi connectivity index (χ1v) is 5.92. The monoisotopic (exact) mass is 232 g/mol. The van der Waals surface area contributed by atoms with Crippen LogP contribution in [0.15, 0.2) is 22.6 Å². The summed E-state index contributed by atoms with van der Waals surface area (Å²) in [6.07, 6.45) is 1.53. The predicted octanol–water partition coefficient (Wildman–Crippen LogP) is 2.10. The summed E-state index contributed by atoms with van der Waals surface area (Å²) >= 11 is 0. The Morgan fingerprint density at radius 2 is 2.06 bits per heavy atom. The average Bonchev–Trinajstić information content (AvgIpc) is 2.73. The van der Waals surface area contributed by atoms with E-state index < -0.39 is 5.54 Å². The second-order valence-electron chi connectivity index (χ2n) is 4.76. The van der Waals surface area contributed by atoms with Gasteiger partial charge >= 0.3 is 0 Å². The standard InChI is InChI=1S/C13H16N2O2/c1-9-2-3-11-10(8-9)15-12(17-11)13(14)4-6-16-7-5-13/h2-3,8H,4-7,14H2,1H3. The van der Waals surface area contributed by atoms with Crippen LogP contribution in [0.4, 0.5) is 0 Å². The Balaban J connectivity index is 2.05. The van der Waals surface area contributed by atoms with Crippen LogP contribution in [0.2, 0.25) is 0 Å². The molecule has 0 amide bonds. The molecular formula is C13H16N2O2. The van der Waals surface area contributed by atoms with Gasteiger partial charge in [-0.25, -0.2) is 4.98 Å². The van der Waals surface area contributed by atoms with Crippen LogP contribution in [-0.4, -0.2) is 18.2 Å². The van der Waals surface area contributed by atoms with Crippen molar-refractivity contribution in [1.82, 2.24) is 4.98 Å². The minimum absolute atomic E-state index is 0.467. The smallest absolute Gasteiger partial charge is 0.215 e. The third kappa shape index (κ3) is 1.83. The first-order valence-electron chi connectivity index (χ1n) is 5.92. The van der Waals surface area contributed by atoms with E-state index in [0.717, 1.165) is 23.9 Å². The second kappa shape index (κ2) is 3.82. The molecule has 17 heavy (non-hydrogen) atoms. The SMILES string of the molecule is Cc1ccc2oc(C3(N)CCOCC3)nc2c1. The molecule has 1 aromatic heterocycles. The van der Waals surface area contributed by atoms with Crippen LogP contribution >= 0.6 is 0 Å². The van der Waals surface area contributed by atoms with E-state index in [-0.39, 0.29) is 0 Å². The van der Waals surface area contributed by atoms with Crippen LogP contribution in [0.1, 0.15) is 24.3 Å². The fourth-order valence-corrected chi connectivity index (χ4v) is 2.20. The molecule has 4 nitrogen and oxygen atoms in total. The van der Waals surface area contributed by atoms with E-state index in [1.54, 1.807) is 0 Å². The van der Waals surface area contributed by atoms with Crippen LogP contribution in [0.5, 0.6) is 0 Å². The van der Waals surface area contributed by atoms with Crippen LogP contribution in [-0.2, 0) is 10.3 Å². The number of benzene rings is 1. The van der Waals surface area contributed by atoms with E-state index in [9.17, 15) is 0 Å². The van der Waals surface area contributed by atoms with Gasteiger partial charge in [0.1, 0.15) is 5.52 Å². The fourth-order valence-electron chi connectivity index (χ4n) is 2.20. The Hall–Kier alpha value is -1.39. The van der Waals surface area contributed by atoms with Gasteiger partial charge in [0, 0.05) is 13.2 Å². The number of rotatable bonds is 1. The average molecular weight is 232 g/mol. The molecule has 0 spiro atoms. The number of ether oxygens (including phenoxy) is 1. The molecular weight excluding hydrogens is 216 g/mol. The molecule has 1 aliphatic heterocycles. The van der Waals surface area contributed by atoms with Gasteiger partial charge < -0.3 is 14.9 Å². The van der Waals surface area contributed by atoms with Gasteiger partial charge in [0.25, 0.3) is 0 Å². The van der Waals surface area contributed by atoms with Crippen LogP contribution < -0.4 is 5.73 Å². The van der Waals surface area contributed by atoms with E-state index in [2.05, 4.69) is 4.98 Å². The van der Waals surface area contributed by atoms with Gasteiger partial charge in [-0.3, -0.25) is 0 Å². The summed E-state index contributed by atoms with van der Waals surface area (Å²) in [5, 5.41) is 0. The summed E-state index contributed by atoms with van der Waals surface area (Å²) in [5.74, 6) is 0.640. The molecule has 2 N–H and O–H groups in total. The minimum atomic E-state index is -0.467. The highest BCUT2D eigenvalue weighted by molar-refractivity contribution is 5.73. The Labute approximate surface area is 99.8 Å². The molecule has 0 aliphatic carbocycles. The molecule has 90 valence electrons. The van der Waals surface area contributed by atoms with Crippen LogP contribution in [0, 0.1) is 6.92 Å². The Kier molecular flexibility index (Phi) is 2.42. The third-order valence-corrected chi connectivity index (χ3v) is 3.35. The summed E-state index contributed by atoms with van der Waals surface area (Å²) in [5.41, 5.74) is 8.75. The molecule has 1 aromatic carbocycles. The normalized spacial score (nSPS) is 19.6. The van der Waals surface area contributed by atoms with Gasteiger partial charge in [-0.1, -0.05) is 6.07 Å². The van der Waals surface area contributed by atoms with Crippen molar-refractivity contribution in [2.45, 2.75) is 25.3 Å². The predicted molar refractivity (Wildman–Crippen MR) is 64.7 cm³/mol. The number of hydrogen-bond acceptors (Lipinski definition) is 4. The van der Waals surface area contributed by atoms with Gasteiger partial charge in [0.05, 0.1) is 5.54 Å². The Morgan fingerprint density at radius 3 is 2.82 bits per heavy atom. The molecule has 1 saturated heterocycles. The zero-order chi connectivity index (χ0) is 11.9. The van der Waals surface area contributed by atoms with Crippen molar-refractivity contribution in [2.75, 3.05) is 13.2 Å². The summed E-state index contributed by atoms with van der Waals surface area (Å²) in [4.78, 5) is 4.52. The molecule has 3 rings (SSSR count). The summed E-state index contributed by atoms with van der Waals surface area (Å²) < 4.78 is 11.1. The maximum absolute atomic E-state index is 6.35. The molecule has 1 aliphatic rings. The fraction of sp³-hybridized carbons (Fsp3) is 0.462. The van der Waals surface area contributed by atoms with Crippen molar-refractivity contribution >= 4 is 11.1 Å². The van der Waals surface area contributed by atoms with Crippen molar-refractivity contribution in [1.29, 1.82) is 0 Å². The van der Waals surface area contributed by atoms with Crippen molar-refractivity contribution < 1.29 is 9.15 Å². The van der Waals surface area contributed by atoms with Gasteiger partial charge in [-0.05, 0) is 37.5 Å². The quantitative estimate of drug-likeness (QED) is 0.818. The lowest BCUT2D eigenvalue weighted by molar-refractivity contribution is 0.0429. The minimum Gasteiger partial charge on any atom is -0.439 e. The molecule has 0 saturated carbocycles. The third-order valence-electron chi connectivity index (χ3n) is 3.35. The summed E-state index contributed by atoms with van der Waals surface area (Å²) in [6.45, 7) is 3.39. The lowest BCUT2D eigenvalue weighted by Crippen LogP contribution is -2.42. The Morgan fingerprint density at radius 1 is 1.29 bits per heavy atom. The molecule has 0 radical (unpaired) electrons. The van der Waals surface area contributed by atoms with E-state index in [1.165, 1.54) is 5.56 Å². The van der Waals surface area contributed by atoms with E-state index in [1.807, 2.05) is 25.1 Å². The summed E-state index contributed by atoms with van der Waals surface area (Å²) in [7, 11) is 0. The second-order valence-corrected chi connectivity index (χ2v) is 4.76. The van der Waals surface area contributed by atoms with Gasteiger partial charge in [0.15, 0.2) is 5.58 Å². The lowest BCUT2D eigenvalue weighted by atomic mass is 9.91. The topological polar surface area (TPSA) is 61.3 Å². The van der Waals surface area contributed by atoms with E-state index in [4.69, 9.17) is 14.9 Å². The molecule has 4 heteroatoms. The summed E-state index contributed by atoms with van der Waals surface area (Å²) in [6, 6.07) is 5.99. The van der Waals surface area contributed by atoms with E-state index in [0.29, 0.717) is 19.1 Å².